The summed E-state index contributed by atoms with van der Waals surface area (Å²) < 4.78 is 41.3. The number of aromatic nitrogens is 1. The van der Waals surface area contributed by atoms with Gasteiger partial charge in [-0.1, -0.05) is 0 Å². The molecule has 0 aliphatic heterocycles. The van der Waals surface area contributed by atoms with E-state index in [2.05, 4.69) is 4.98 Å². The highest BCUT2D eigenvalue weighted by Crippen LogP contribution is 2.27. The lowest BCUT2D eigenvalue weighted by atomic mass is 10.0. The van der Waals surface area contributed by atoms with Gasteiger partial charge in [0.2, 0.25) is 0 Å². The Hall–Kier alpha value is -1.30. The van der Waals surface area contributed by atoms with E-state index in [9.17, 15) is 13.2 Å². The average molecular weight is 248 g/mol. The molecule has 0 radical (unpaired) electrons. The Morgan fingerprint density at radius 2 is 2.12 bits per heavy atom. The summed E-state index contributed by atoms with van der Waals surface area (Å²) in [7, 11) is 0. The number of nitrogens with two attached hydrogens (primary N) is 1. The number of hydrogen-bond donors (Lipinski definition) is 1. The smallest absolute Gasteiger partial charge is 0.389 e. The Morgan fingerprint density at radius 3 is 2.71 bits per heavy atom. The molecule has 0 spiro atoms. The Kier molecular flexibility index (Phi) is 4.74. The zero-order valence-electron chi connectivity index (χ0n) is 9.50. The molecule has 0 aromatic carbocycles. The maximum atomic E-state index is 12.0. The average Bonchev–Trinajstić information content (AvgIpc) is 2.26. The van der Waals surface area contributed by atoms with Gasteiger partial charge in [-0.3, -0.25) is 4.98 Å². The van der Waals surface area contributed by atoms with E-state index in [0.29, 0.717) is 17.9 Å². The van der Waals surface area contributed by atoms with Crippen molar-refractivity contribution in [3.63, 3.8) is 0 Å². The van der Waals surface area contributed by atoms with Crippen molar-refractivity contribution < 1.29 is 17.9 Å². The molecule has 0 fully saturated rings. The third-order valence-corrected chi connectivity index (χ3v) is 2.21. The van der Waals surface area contributed by atoms with Crippen LogP contribution in [-0.2, 0) is 0 Å². The number of rotatable bonds is 5. The van der Waals surface area contributed by atoms with Crippen LogP contribution in [0.5, 0.6) is 5.75 Å². The quantitative estimate of drug-likeness (QED) is 0.871. The molecule has 0 saturated carbocycles. The van der Waals surface area contributed by atoms with Gasteiger partial charge in [0.15, 0.2) is 0 Å². The molecule has 3 nitrogen and oxygen atoms in total. The summed E-state index contributed by atoms with van der Waals surface area (Å²) >= 11 is 0. The van der Waals surface area contributed by atoms with Crippen LogP contribution >= 0.6 is 0 Å². The van der Waals surface area contributed by atoms with Crippen LogP contribution in [0.3, 0.4) is 0 Å². The fraction of sp³-hybridized carbons (Fsp3) is 0.545. The van der Waals surface area contributed by atoms with E-state index in [1.807, 2.05) is 6.92 Å². The van der Waals surface area contributed by atoms with Crippen molar-refractivity contribution >= 4 is 0 Å². The van der Waals surface area contributed by atoms with E-state index in [1.165, 1.54) is 12.4 Å². The lowest BCUT2D eigenvalue weighted by molar-refractivity contribution is -0.136. The van der Waals surface area contributed by atoms with Crippen molar-refractivity contribution in [1.29, 1.82) is 0 Å². The SMILES string of the molecule is CCOc1cncc(C(N)CCC(F)(F)F)c1. The monoisotopic (exact) mass is 248 g/mol. The van der Waals surface area contributed by atoms with Crippen molar-refractivity contribution in [3.8, 4) is 5.75 Å². The Labute approximate surface area is 97.8 Å². The molecule has 0 aliphatic rings. The highest BCUT2D eigenvalue weighted by Gasteiger charge is 2.27. The van der Waals surface area contributed by atoms with Gasteiger partial charge >= 0.3 is 6.18 Å². The Balaban J connectivity index is 2.62. The van der Waals surface area contributed by atoms with Crippen LogP contribution in [-0.4, -0.2) is 17.8 Å². The highest BCUT2D eigenvalue weighted by molar-refractivity contribution is 5.25. The minimum absolute atomic E-state index is 0.152. The molecular weight excluding hydrogens is 233 g/mol. The van der Waals surface area contributed by atoms with Crippen LogP contribution in [0, 0.1) is 0 Å². The fourth-order valence-corrected chi connectivity index (χ4v) is 1.37. The second kappa shape index (κ2) is 5.86. The highest BCUT2D eigenvalue weighted by atomic mass is 19.4. The molecule has 6 heteroatoms. The molecule has 1 heterocycles. The molecule has 1 aromatic heterocycles. The predicted octanol–water partition coefficient (Wildman–Crippen LogP) is 2.82. The van der Waals surface area contributed by atoms with Crippen molar-refractivity contribution in [3.05, 3.63) is 24.0 Å². The van der Waals surface area contributed by atoms with Crippen molar-refractivity contribution in [2.45, 2.75) is 32.0 Å². The molecule has 1 unspecified atom stereocenters. The molecule has 17 heavy (non-hydrogen) atoms. The first-order valence-electron chi connectivity index (χ1n) is 5.32. The van der Waals surface area contributed by atoms with Gasteiger partial charge in [0, 0.05) is 18.7 Å². The van der Waals surface area contributed by atoms with Gasteiger partial charge in [-0.05, 0) is 25.0 Å². The summed E-state index contributed by atoms with van der Waals surface area (Å²) in [4.78, 5) is 3.88. The second-order valence-electron chi connectivity index (χ2n) is 3.65. The normalized spacial score (nSPS) is 13.5. The summed E-state index contributed by atoms with van der Waals surface area (Å²) in [6.45, 7) is 2.29. The first kappa shape index (κ1) is 13.8. The number of nitrogens with zero attached hydrogens (tertiary/aromatic N) is 1. The first-order valence-corrected chi connectivity index (χ1v) is 5.32. The molecule has 1 aromatic rings. The van der Waals surface area contributed by atoms with Gasteiger partial charge in [0.05, 0.1) is 12.8 Å². The van der Waals surface area contributed by atoms with Gasteiger partial charge in [0.25, 0.3) is 0 Å². The fourth-order valence-electron chi connectivity index (χ4n) is 1.37. The Bertz CT molecular complexity index is 355. The maximum absolute atomic E-state index is 12.0. The lowest BCUT2D eigenvalue weighted by Crippen LogP contribution is -2.16. The Morgan fingerprint density at radius 1 is 1.41 bits per heavy atom. The van der Waals surface area contributed by atoms with E-state index >= 15 is 0 Å². The zero-order chi connectivity index (χ0) is 12.9. The molecule has 0 saturated heterocycles. The molecule has 0 amide bonds. The predicted molar refractivity (Wildman–Crippen MR) is 57.6 cm³/mol. The van der Waals surface area contributed by atoms with Gasteiger partial charge < -0.3 is 10.5 Å². The molecule has 0 aliphatic carbocycles. The van der Waals surface area contributed by atoms with E-state index in [-0.39, 0.29) is 6.42 Å². The standard InChI is InChI=1S/C11H15F3N2O/c1-2-17-9-5-8(6-16-7-9)10(15)3-4-11(12,13)14/h5-7,10H,2-4,15H2,1H3. The first-order chi connectivity index (χ1) is 7.92. The van der Waals surface area contributed by atoms with Crippen LogP contribution < -0.4 is 10.5 Å². The summed E-state index contributed by atoms with van der Waals surface area (Å²) in [5, 5.41) is 0. The topological polar surface area (TPSA) is 48.1 Å². The van der Waals surface area contributed by atoms with Crippen LogP contribution in [0.1, 0.15) is 31.4 Å². The van der Waals surface area contributed by atoms with Crippen molar-refractivity contribution in [2.24, 2.45) is 5.73 Å². The van der Waals surface area contributed by atoms with E-state index < -0.39 is 18.6 Å². The summed E-state index contributed by atoms with van der Waals surface area (Å²) in [6, 6.07) is 0.946. The third kappa shape index (κ3) is 5.04. The van der Waals surface area contributed by atoms with Gasteiger partial charge in [-0.25, -0.2) is 0 Å². The van der Waals surface area contributed by atoms with Gasteiger partial charge in [0.1, 0.15) is 5.75 Å². The molecule has 1 rings (SSSR count). The maximum Gasteiger partial charge on any atom is 0.389 e. The second-order valence-corrected chi connectivity index (χ2v) is 3.65. The van der Waals surface area contributed by atoms with Crippen LogP contribution in [0.15, 0.2) is 18.5 Å². The number of hydrogen-bond acceptors (Lipinski definition) is 3. The number of alkyl halides is 3. The van der Waals surface area contributed by atoms with Gasteiger partial charge in [-0.15, -0.1) is 0 Å². The van der Waals surface area contributed by atoms with Crippen LogP contribution in [0.4, 0.5) is 13.2 Å². The van der Waals surface area contributed by atoms with Crippen molar-refractivity contribution in [2.75, 3.05) is 6.61 Å². The molecular formula is C11H15F3N2O. The molecule has 1 atom stereocenters. The summed E-state index contributed by atoms with van der Waals surface area (Å²) in [6.07, 6.45) is -2.26. The minimum atomic E-state index is -4.18. The molecule has 96 valence electrons. The lowest BCUT2D eigenvalue weighted by Gasteiger charge is -2.14. The van der Waals surface area contributed by atoms with Crippen LogP contribution in [0.25, 0.3) is 0 Å². The summed E-state index contributed by atoms with van der Waals surface area (Å²) in [5.41, 5.74) is 6.23. The largest absolute Gasteiger partial charge is 0.492 e. The van der Waals surface area contributed by atoms with Crippen LogP contribution in [0.2, 0.25) is 0 Å². The minimum Gasteiger partial charge on any atom is -0.492 e. The van der Waals surface area contributed by atoms with Crippen molar-refractivity contribution in [1.82, 2.24) is 4.98 Å². The molecule has 2 N–H and O–H groups in total. The number of ether oxygens (including phenoxy) is 1. The zero-order valence-corrected chi connectivity index (χ0v) is 9.50. The number of pyridine rings is 1. The summed E-state index contributed by atoms with van der Waals surface area (Å²) in [5.74, 6) is 0.521. The van der Waals surface area contributed by atoms with E-state index in [1.54, 1.807) is 6.07 Å². The van der Waals surface area contributed by atoms with Gasteiger partial charge in [-0.2, -0.15) is 13.2 Å². The number of halogens is 3. The van der Waals surface area contributed by atoms with E-state index in [0.717, 1.165) is 0 Å². The third-order valence-electron chi connectivity index (χ3n) is 2.21. The molecule has 0 bridgehead atoms. The van der Waals surface area contributed by atoms with E-state index in [4.69, 9.17) is 10.5 Å².